The predicted octanol–water partition coefficient (Wildman–Crippen LogP) is 3.36. The third-order valence-electron chi connectivity index (χ3n) is 3.95. The standard InChI is InChI=1S/C15H16N4O2/c1-16-15-17-9-13(19(20)21)14(18-15)12-7-5-11(6-8-12)10-3-2-4-10/h5-10H,2-4H2,1H3,(H,16,17,18). The quantitative estimate of drug-likeness (QED) is 0.687. The van der Waals surface area contributed by atoms with Crippen LogP contribution < -0.4 is 5.32 Å². The first kappa shape index (κ1) is 13.5. The Kier molecular flexibility index (Phi) is 3.51. The summed E-state index contributed by atoms with van der Waals surface area (Å²) in [5, 5.41) is 13.9. The number of nitrogens with zero attached hydrogens (tertiary/aromatic N) is 3. The molecule has 0 radical (unpaired) electrons. The highest BCUT2D eigenvalue weighted by Gasteiger charge is 2.21. The van der Waals surface area contributed by atoms with Crippen molar-refractivity contribution in [3.8, 4) is 11.3 Å². The maximum absolute atomic E-state index is 11.1. The maximum Gasteiger partial charge on any atom is 0.313 e. The van der Waals surface area contributed by atoms with Gasteiger partial charge in [-0.3, -0.25) is 10.1 Å². The second-order valence-corrected chi connectivity index (χ2v) is 5.18. The van der Waals surface area contributed by atoms with Crippen molar-refractivity contribution in [1.29, 1.82) is 0 Å². The van der Waals surface area contributed by atoms with Crippen LogP contribution in [-0.4, -0.2) is 21.9 Å². The highest BCUT2D eigenvalue weighted by molar-refractivity contribution is 5.70. The van der Waals surface area contributed by atoms with Gasteiger partial charge in [0.05, 0.1) is 4.92 Å². The van der Waals surface area contributed by atoms with Crippen molar-refractivity contribution in [2.24, 2.45) is 0 Å². The van der Waals surface area contributed by atoms with Crippen molar-refractivity contribution >= 4 is 11.6 Å². The average Bonchev–Trinajstić information content (AvgIpc) is 2.45. The van der Waals surface area contributed by atoms with Crippen LogP contribution in [0.2, 0.25) is 0 Å². The Hall–Kier alpha value is -2.50. The lowest BCUT2D eigenvalue weighted by molar-refractivity contribution is -0.384. The molecule has 2 aromatic rings. The lowest BCUT2D eigenvalue weighted by Gasteiger charge is -2.25. The largest absolute Gasteiger partial charge is 0.357 e. The van der Waals surface area contributed by atoms with Crippen molar-refractivity contribution in [1.82, 2.24) is 9.97 Å². The maximum atomic E-state index is 11.1. The molecule has 1 saturated carbocycles. The molecule has 6 heteroatoms. The van der Waals surface area contributed by atoms with Crippen LogP contribution in [0.4, 0.5) is 11.6 Å². The van der Waals surface area contributed by atoms with Crippen molar-refractivity contribution < 1.29 is 4.92 Å². The van der Waals surface area contributed by atoms with Crippen LogP contribution in [0.1, 0.15) is 30.7 Å². The van der Waals surface area contributed by atoms with Crippen molar-refractivity contribution in [2.75, 3.05) is 12.4 Å². The molecule has 21 heavy (non-hydrogen) atoms. The first-order valence-corrected chi connectivity index (χ1v) is 6.98. The minimum atomic E-state index is -0.450. The van der Waals surface area contributed by atoms with E-state index >= 15 is 0 Å². The zero-order valence-corrected chi connectivity index (χ0v) is 11.7. The monoisotopic (exact) mass is 284 g/mol. The fourth-order valence-corrected chi connectivity index (χ4v) is 2.50. The second-order valence-electron chi connectivity index (χ2n) is 5.18. The number of hydrogen-bond acceptors (Lipinski definition) is 5. The van der Waals surface area contributed by atoms with Gasteiger partial charge in [-0.25, -0.2) is 9.97 Å². The van der Waals surface area contributed by atoms with E-state index in [1.165, 1.54) is 31.0 Å². The van der Waals surface area contributed by atoms with Gasteiger partial charge in [-0.2, -0.15) is 0 Å². The summed E-state index contributed by atoms with van der Waals surface area (Å²) in [7, 11) is 1.69. The molecule has 0 spiro atoms. The highest BCUT2D eigenvalue weighted by atomic mass is 16.6. The number of aromatic nitrogens is 2. The van der Waals surface area contributed by atoms with Gasteiger partial charge in [0.25, 0.3) is 0 Å². The molecule has 1 aliphatic carbocycles. The number of nitrogens with one attached hydrogen (secondary N) is 1. The van der Waals surface area contributed by atoms with Crippen LogP contribution in [0, 0.1) is 10.1 Å². The summed E-state index contributed by atoms with van der Waals surface area (Å²) < 4.78 is 0. The Morgan fingerprint density at radius 2 is 2.00 bits per heavy atom. The van der Waals surface area contributed by atoms with E-state index in [4.69, 9.17) is 0 Å². The normalized spacial score (nSPS) is 14.5. The SMILES string of the molecule is CNc1ncc([N+](=O)[O-])c(-c2ccc(C3CCC3)cc2)n1. The summed E-state index contributed by atoms with van der Waals surface area (Å²) in [6.45, 7) is 0. The second kappa shape index (κ2) is 5.47. The molecule has 108 valence electrons. The molecule has 0 saturated heterocycles. The summed E-state index contributed by atoms with van der Waals surface area (Å²) in [5.74, 6) is 1.02. The van der Waals surface area contributed by atoms with Crippen LogP contribution in [0.15, 0.2) is 30.5 Å². The Bertz CT molecular complexity index is 666. The average molecular weight is 284 g/mol. The molecule has 0 atom stereocenters. The van der Waals surface area contributed by atoms with Gasteiger partial charge in [0.2, 0.25) is 5.95 Å². The molecule has 1 aromatic heterocycles. The van der Waals surface area contributed by atoms with E-state index in [1.54, 1.807) is 7.05 Å². The van der Waals surface area contributed by atoms with Gasteiger partial charge in [-0.05, 0) is 24.3 Å². The Labute approximate surface area is 122 Å². The number of nitro groups is 1. The van der Waals surface area contributed by atoms with Gasteiger partial charge >= 0.3 is 5.69 Å². The molecule has 1 heterocycles. The minimum Gasteiger partial charge on any atom is -0.357 e. The Morgan fingerprint density at radius 1 is 1.29 bits per heavy atom. The third-order valence-corrected chi connectivity index (χ3v) is 3.95. The van der Waals surface area contributed by atoms with Crippen LogP contribution in [-0.2, 0) is 0 Å². The van der Waals surface area contributed by atoms with Crippen LogP contribution in [0.3, 0.4) is 0 Å². The van der Waals surface area contributed by atoms with Gasteiger partial charge in [-0.1, -0.05) is 30.7 Å². The molecule has 6 nitrogen and oxygen atoms in total. The van der Waals surface area contributed by atoms with Gasteiger partial charge in [0, 0.05) is 12.6 Å². The van der Waals surface area contributed by atoms with E-state index in [1.807, 2.05) is 24.3 Å². The van der Waals surface area contributed by atoms with E-state index in [0.29, 0.717) is 17.6 Å². The zero-order chi connectivity index (χ0) is 14.8. The molecule has 0 unspecified atom stereocenters. The fourth-order valence-electron chi connectivity index (χ4n) is 2.50. The molecule has 0 amide bonds. The Balaban J connectivity index is 1.99. The van der Waals surface area contributed by atoms with Gasteiger partial charge in [0.15, 0.2) is 5.69 Å². The number of benzene rings is 1. The van der Waals surface area contributed by atoms with Gasteiger partial charge < -0.3 is 5.32 Å². The predicted molar refractivity (Wildman–Crippen MR) is 80.3 cm³/mol. The summed E-state index contributed by atoms with van der Waals surface area (Å²) in [5.41, 5.74) is 2.31. The minimum absolute atomic E-state index is 0.0783. The number of anilines is 1. The summed E-state index contributed by atoms with van der Waals surface area (Å²) in [6, 6.07) is 7.90. The van der Waals surface area contributed by atoms with E-state index in [-0.39, 0.29) is 5.69 Å². The topological polar surface area (TPSA) is 81.0 Å². The van der Waals surface area contributed by atoms with Crippen LogP contribution in [0.25, 0.3) is 11.3 Å². The van der Waals surface area contributed by atoms with Crippen molar-refractivity contribution in [2.45, 2.75) is 25.2 Å². The molecule has 1 N–H and O–H groups in total. The van der Waals surface area contributed by atoms with Crippen molar-refractivity contribution in [3.05, 3.63) is 46.1 Å². The molecule has 0 aliphatic heterocycles. The van der Waals surface area contributed by atoms with E-state index < -0.39 is 4.92 Å². The summed E-state index contributed by atoms with van der Waals surface area (Å²) in [6.07, 6.45) is 5.00. The molecular formula is C15H16N4O2. The summed E-state index contributed by atoms with van der Waals surface area (Å²) in [4.78, 5) is 18.8. The van der Waals surface area contributed by atoms with E-state index in [0.717, 1.165) is 5.56 Å². The molecule has 3 rings (SSSR count). The van der Waals surface area contributed by atoms with E-state index in [2.05, 4.69) is 15.3 Å². The fraction of sp³-hybridized carbons (Fsp3) is 0.333. The third kappa shape index (κ3) is 2.56. The number of hydrogen-bond donors (Lipinski definition) is 1. The highest BCUT2D eigenvalue weighted by Crippen LogP contribution is 2.37. The molecular weight excluding hydrogens is 268 g/mol. The molecule has 0 bridgehead atoms. The van der Waals surface area contributed by atoms with E-state index in [9.17, 15) is 10.1 Å². The first-order valence-electron chi connectivity index (χ1n) is 6.98. The van der Waals surface area contributed by atoms with Gasteiger partial charge in [0.1, 0.15) is 6.20 Å². The van der Waals surface area contributed by atoms with Crippen LogP contribution in [0.5, 0.6) is 0 Å². The van der Waals surface area contributed by atoms with Crippen molar-refractivity contribution in [3.63, 3.8) is 0 Å². The van der Waals surface area contributed by atoms with Crippen LogP contribution >= 0.6 is 0 Å². The van der Waals surface area contributed by atoms with Gasteiger partial charge in [-0.15, -0.1) is 0 Å². The summed E-state index contributed by atoms with van der Waals surface area (Å²) >= 11 is 0. The molecule has 1 aliphatic rings. The number of rotatable bonds is 4. The first-order chi connectivity index (χ1) is 10.2. The lowest BCUT2D eigenvalue weighted by Crippen LogP contribution is -2.08. The molecule has 1 aromatic carbocycles. The lowest BCUT2D eigenvalue weighted by atomic mass is 9.80. The zero-order valence-electron chi connectivity index (χ0n) is 11.7. The Morgan fingerprint density at radius 3 is 2.52 bits per heavy atom. The molecule has 1 fully saturated rings. The smallest absolute Gasteiger partial charge is 0.313 e.